The Morgan fingerprint density at radius 3 is 2.77 bits per heavy atom. The SMILES string of the molecule is CC(C)CC(=O)Nc1ccnn1C1CCN(Cc2cnc(N3CCOCC3)s2)CC1. The molecule has 2 aromatic rings. The third kappa shape index (κ3) is 5.39. The van der Waals surface area contributed by atoms with E-state index in [4.69, 9.17) is 4.74 Å². The van der Waals surface area contributed by atoms with Crippen LogP contribution < -0.4 is 10.2 Å². The van der Waals surface area contributed by atoms with Gasteiger partial charge in [0, 0.05) is 56.3 Å². The average molecular weight is 433 g/mol. The Morgan fingerprint density at radius 1 is 1.27 bits per heavy atom. The number of rotatable bonds is 7. The van der Waals surface area contributed by atoms with Gasteiger partial charge in [-0.1, -0.05) is 13.8 Å². The second-order valence-electron chi connectivity index (χ2n) is 8.52. The summed E-state index contributed by atoms with van der Waals surface area (Å²) in [6.45, 7) is 10.5. The number of hydrogen-bond donors (Lipinski definition) is 1. The van der Waals surface area contributed by atoms with E-state index in [0.717, 1.165) is 69.7 Å². The van der Waals surface area contributed by atoms with Crippen LogP contribution in [0.25, 0.3) is 0 Å². The maximum atomic E-state index is 12.2. The van der Waals surface area contributed by atoms with E-state index in [-0.39, 0.29) is 5.91 Å². The number of ether oxygens (including phenoxy) is 1. The van der Waals surface area contributed by atoms with Gasteiger partial charge in [-0.2, -0.15) is 5.10 Å². The fourth-order valence-electron chi connectivity index (χ4n) is 4.08. The Morgan fingerprint density at radius 2 is 2.03 bits per heavy atom. The van der Waals surface area contributed by atoms with Crippen LogP contribution in [0.15, 0.2) is 18.5 Å². The van der Waals surface area contributed by atoms with Crippen LogP contribution in [0.5, 0.6) is 0 Å². The summed E-state index contributed by atoms with van der Waals surface area (Å²) in [4.78, 5) is 22.9. The van der Waals surface area contributed by atoms with Gasteiger partial charge in [0.1, 0.15) is 5.82 Å². The summed E-state index contributed by atoms with van der Waals surface area (Å²) in [5, 5.41) is 8.64. The molecule has 0 aliphatic carbocycles. The highest BCUT2D eigenvalue weighted by molar-refractivity contribution is 7.15. The van der Waals surface area contributed by atoms with Gasteiger partial charge in [0.15, 0.2) is 5.13 Å². The maximum Gasteiger partial charge on any atom is 0.225 e. The number of nitrogens with zero attached hydrogens (tertiary/aromatic N) is 5. The van der Waals surface area contributed by atoms with Crippen molar-refractivity contribution in [2.24, 2.45) is 5.92 Å². The van der Waals surface area contributed by atoms with E-state index in [1.54, 1.807) is 17.5 Å². The third-order valence-electron chi connectivity index (χ3n) is 5.64. The number of likely N-dealkylation sites (tertiary alicyclic amines) is 1. The van der Waals surface area contributed by atoms with Crippen LogP contribution in [0, 0.1) is 5.92 Å². The topological polar surface area (TPSA) is 75.5 Å². The minimum absolute atomic E-state index is 0.0606. The van der Waals surface area contributed by atoms with Gasteiger partial charge in [-0.3, -0.25) is 9.69 Å². The highest BCUT2D eigenvalue weighted by atomic mass is 32.1. The Bertz CT molecular complexity index is 821. The quantitative estimate of drug-likeness (QED) is 0.725. The lowest BCUT2D eigenvalue weighted by atomic mass is 10.1. The highest BCUT2D eigenvalue weighted by Gasteiger charge is 2.24. The molecular formula is C21H32N6O2S. The average Bonchev–Trinajstić information content (AvgIpc) is 3.38. The first-order valence-corrected chi connectivity index (χ1v) is 11.7. The van der Waals surface area contributed by atoms with Crippen LogP contribution in [0.2, 0.25) is 0 Å². The molecule has 8 nitrogen and oxygen atoms in total. The van der Waals surface area contributed by atoms with Gasteiger partial charge in [0.25, 0.3) is 0 Å². The van der Waals surface area contributed by atoms with Crippen molar-refractivity contribution in [1.29, 1.82) is 0 Å². The van der Waals surface area contributed by atoms with Gasteiger partial charge in [0.05, 0.1) is 25.5 Å². The number of anilines is 2. The third-order valence-corrected chi connectivity index (χ3v) is 6.68. The monoisotopic (exact) mass is 432 g/mol. The lowest BCUT2D eigenvalue weighted by Crippen LogP contribution is -2.36. The molecule has 0 unspecified atom stereocenters. The summed E-state index contributed by atoms with van der Waals surface area (Å²) in [5.74, 6) is 1.22. The summed E-state index contributed by atoms with van der Waals surface area (Å²) < 4.78 is 7.43. The van der Waals surface area contributed by atoms with Gasteiger partial charge in [-0.05, 0) is 18.8 Å². The zero-order chi connectivity index (χ0) is 20.9. The van der Waals surface area contributed by atoms with Crippen molar-refractivity contribution in [3.8, 4) is 0 Å². The second-order valence-corrected chi connectivity index (χ2v) is 9.62. The molecule has 2 aromatic heterocycles. The minimum Gasteiger partial charge on any atom is -0.378 e. The molecule has 2 saturated heterocycles. The number of piperidine rings is 1. The van der Waals surface area contributed by atoms with E-state index in [1.807, 2.05) is 16.9 Å². The molecule has 0 aromatic carbocycles. The number of morpholine rings is 1. The maximum absolute atomic E-state index is 12.2. The zero-order valence-corrected chi connectivity index (χ0v) is 18.7. The van der Waals surface area contributed by atoms with Gasteiger partial charge < -0.3 is 15.0 Å². The summed E-state index contributed by atoms with van der Waals surface area (Å²) in [6.07, 6.45) is 6.40. The molecule has 0 bridgehead atoms. The summed E-state index contributed by atoms with van der Waals surface area (Å²) in [5.41, 5.74) is 0. The lowest BCUT2D eigenvalue weighted by Gasteiger charge is -2.32. The number of carbonyl (C=O) groups is 1. The first-order chi connectivity index (χ1) is 14.6. The molecule has 2 aliphatic rings. The predicted octanol–water partition coefficient (Wildman–Crippen LogP) is 3.00. The van der Waals surface area contributed by atoms with E-state index in [1.165, 1.54) is 4.88 Å². The van der Waals surface area contributed by atoms with Gasteiger partial charge in [0.2, 0.25) is 5.91 Å². The molecule has 0 saturated carbocycles. The highest BCUT2D eigenvalue weighted by Crippen LogP contribution is 2.29. The summed E-state index contributed by atoms with van der Waals surface area (Å²) in [6, 6.07) is 2.23. The molecule has 0 spiro atoms. The molecule has 9 heteroatoms. The van der Waals surface area contributed by atoms with Gasteiger partial charge in [-0.15, -0.1) is 11.3 Å². The molecule has 0 atom stereocenters. The molecule has 164 valence electrons. The number of aromatic nitrogens is 3. The molecule has 2 aliphatic heterocycles. The number of hydrogen-bond acceptors (Lipinski definition) is 7. The molecule has 30 heavy (non-hydrogen) atoms. The van der Waals surface area contributed by atoms with Crippen LogP contribution in [-0.4, -0.2) is 65.0 Å². The van der Waals surface area contributed by atoms with Crippen molar-refractivity contribution in [2.75, 3.05) is 49.6 Å². The number of carbonyl (C=O) groups excluding carboxylic acids is 1. The summed E-state index contributed by atoms with van der Waals surface area (Å²) >= 11 is 1.80. The van der Waals surface area contributed by atoms with Crippen molar-refractivity contribution < 1.29 is 9.53 Å². The molecule has 2 fully saturated rings. The molecular weight excluding hydrogens is 400 g/mol. The van der Waals surface area contributed by atoms with Crippen molar-refractivity contribution >= 4 is 28.2 Å². The van der Waals surface area contributed by atoms with Gasteiger partial charge >= 0.3 is 0 Å². The van der Waals surface area contributed by atoms with E-state index < -0.39 is 0 Å². The van der Waals surface area contributed by atoms with Crippen molar-refractivity contribution in [3.63, 3.8) is 0 Å². The largest absolute Gasteiger partial charge is 0.378 e. The second kappa shape index (κ2) is 9.89. The van der Waals surface area contributed by atoms with E-state index in [0.29, 0.717) is 18.4 Å². The van der Waals surface area contributed by atoms with Crippen molar-refractivity contribution in [1.82, 2.24) is 19.7 Å². The van der Waals surface area contributed by atoms with Crippen LogP contribution in [0.4, 0.5) is 10.9 Å². The van der Waals surface area contributed by atoms with Crippen LogP contribution >= 0.6 is 11.3 Å². The Balaban J connectivity index is 1.28. The molecule has 1 N–H and O–H groups in total. The molecule has 1 amide bonds. The van der Waals surface area contributed by atoms with Crippen LogP contribution in [0.1, 0.15) is 44.0 Å². The Kier molecular flexibility index (Phi) is 7.01. The Labute approximate surface area is 182 Å². The van der Waals surface area contributed by atoms with E-state index in [2.05, 4.69) is 39.0 Å². The van der Waals surface area contributed by atoms with E-state index >= 15 is 0 Å². The standard InChI is InChI=1S/C21H32N6O2S/c1-16(2)13-20(28)24-19-3-6-23-27(19)17-4-7-25(8-5-17)15-18-14-22-21(30-18)26-9-11-29-12-10-26/h3,6,14,16-17H,4-5,7-13,15H2,1-2H3,(H,24,28). The minimum atomic E-state index is 0.0606. The summed E-state index contributed by atoms with van der Waals surface area (Å²) in [7, 11) is 0. The first-order valence-electron chi connectivity index (χ1n) is 10.9. The Hall–Kier alpha value is -1.97. The predicted molar refractivity (Wildman–Crippen MR) is 119 cm³/mol. The number of thiazole rings is 1. The van der Waals surface area contributed by atoms with Crippen LogP contribution in [0.3, 0.4) is 0 Å². The van der Waals surface area contributed by atoms with Crippen molar-refractivity contribution in [3.05, 3.63) is 23.3 Å². The van der Waals surface area contributed by atoms with Gasteiger partial charge in [-0.25, -0.2) is 9.67 Å². The van der Waals surface area contributed by atoms with Crippen LogP contribution in [-0.2, 0) is 16.1 Å². The lowest BCUT2D eigenvalue weighted by molar-refractivity contribution is -0.116. The zero-order valence-electron chi connectivity index (χ0n) is 17.9. The van der Waals surface area contributed by atoms with Crippen molar-refractivity contribution in [2.45, 2.75) is 45.7 Å². The molecule has 0 radical (unpaired) electrons. The van der Waals surface area contributed by atoms with E-state index in [9.17, 15) is 4.79 Å². The first kappa shape index (κ1) is 21.3. The molecule has 4 heterocycles. The fourth-order valence-corrected chi connectivity index (χ4v) is 5.09. The normalized spacial score (nSPS) is 18.8. The number of nitrogens with one attached hydrogen (secondary N) is 1. The number of amides is 1. The fraction of sp³-hybridized carbons (Fsp3) is 0.667. The smallest absolute Gasteiger partial charge is 0.225 e. The molecule has 4 rings (SSSR count).